The maximum atomic E-state index is 10.1. The third-order valence-corrected chi connectivity index (χ3v) is 3.50. The summed E-state index contributed by atoms with van der Waals surface area (Å²) in [4.78, 5) is 4.25. The van der Waals surface area contributed by atoms with Crippen LogP contribution in [0.3, 0.4) is 0 Å². The van der Waals surface area contributed by atoms with Crippen LogP contribution in [0.25, 0.3) is 0 Å². The summed E-state index contributed by atoms with van der Waals surface area (Å²) >= 11 is 0. The first-order valence-corrected chi connectivity index (χ1v) is 7.31. The number of aliphatic hydroxyl groups is 1. The summed E-state index contributed by atoms with van der Waals surface area (Å²) in [6.07, 6.45) is 6.17. The second-order valence-electron chi connectivity index (χ2n) is 5.82. The maximum Gasteiger partial charge on any atom is 0.138 e. The van der Waals surface area contributed by atoms with Crippen molar-refractivity contribution in [2.75, 3.05) is 6.61 Å². The van der Waals surface area contributed by atoms with Gasteiger partial charge in [0.15, 0.2) is 0 Å². The van der Waals surface area contributed by atoms with E-state index in [1.165, 1.54) is 0 Å². The first kappa shape index (κ1) is 14.5. The van der Waals surface area contributed by atoms with Crippen molar-refractivity contribution in [3.8, 4) is 0 Å². The van der Waals surface area contributed by atoms with Crippen molar-refractivity contribution in [1.29, 1.82) is 0 Å². The molecule has 1 fully saturated rings. The van der Waals surface area contributed by atoms with Crippen LogP contribution in [0.15, 0.2) is 6.33 Å². The lowest BCUT2D eigenvalue weighted by atomic mass is 10.1. The molecule has 1 aliphatic heterocycles. The van der Waals surface area contributed by atoms with Gasteiger partial charge in [-0.15, -0.1) is 0 Å². The Balaban J connectivity index is 1.77. The molecular weight excluding hydrogens is 242 g/mol. The van der Waals surface area contributed by atoms with Gasteiger partial charge in [-0.05, 0) is 31.6 Å². The molecule has 2 unspecified atom stereocenters. The Bertz CT molecular complexity index is 373. The van der Waals surface area contributed by atoms with Crippen LogP contribution < -0.4 is 0 Å². The molecule has 108 valence electrons. The molecule has 2 rings (SSSR count). The molecule has 0 saturated carbocycles. The summed E-state index contributed by atoms with van der Waals surface area (Å²) in [5.41, 5.74) is 0. The van der Waals surface area contributed by atoms with Gasteiger partial charge < -0.3 is 9.84 Å². The van der Waals surface area contributed by atoms with Crippen molar-refractivity contribution in [2.45, 2.75) is 64.7 Å². The molecule has 2 atom stereocenters. The SMILES string of the molecule is CC(C)Cn1ncnc1CC(O)CCC1CCCO1. The fourth-order valence-electron chi connectivity index (χ4n) is 2.51. The number of aliphatic hydroxyl groups excluding tert-OH is 1. The predicted octanol–water partition coefficient (Wildman–Crippen LogP) is 1.80. The highest BCUT2D eigenvalue weighted by Crippen LogP contribution is 2.18. The smallest absolute Gasteiger partial charge is 0.138 e. The zero-order valence-electron chi connectivity index (χ0n) is 12.0. The average molecular weight is 267 g/mol. The standard InChI is InChI=1S/C14H25N3O2/c1-11(2)9-17-14(15-10-16-17)8-12(18)5-6-13-4-3-7-19-13/h10-13,18H,3-9H2,1-2H3. The van der Waals surface area contributed by atoms with E-state index in [1.807, 2.05) is 4.68 Å². The Morgan fingerprint density at radius 1 is 1.53 bits per heavy atom. The van der Waals surface area contributed by atoms with Gasteiger partial charge in [0.2, 0.25) is 0 Å². The minimum Gasteiger partial charge on any atom is -0.393 e. The van der Waals surface area contributed by atoms with Gasteiger partial charge in [-0.1, -0.05) is 13.8 Å². The van der Waals surface area contributed by atoms with E-state index < -0.39 is 0 Å². The van der Waals surface area contributed by atoms with Crippen LogP contribution in [0.5, 0.6) is 0 Å². The lowest BCUT2D eigenvalue weighted by Crippen LogP contribution is -2.19. The molecular formula is C14H25N3O2. The van der Waals surface area contributed by atoms with E-state index in [-0.39, 0.29) is 6.10 Å². The first-order valence-electron chi connectivity index (χ1n) is 7.31. The van der Waals surface area contributed by atoms with Crippen LogP contribution in [-0.4, -0.2) is 38.7 Å². The summed E-state index contributed by atoms with van der Waals surface area (Å²) in [5, 5.41) is 14.3. The van der Waals surface area contributed by atoms with E-state index in [0.717, 1.165) is 44.7 Å². The van der Waals surface area contributed by atoms with Gasteiger partial charge in [0.05, 0.1) is 12.2 Å². The number of nitrogens with zero attached hydrogens (tertiary/aromatic N) is 3. The fraction of sp³-hybridized carbons (Fsp3) is 0.857. The average Bonchev–Trinajstić information content (AvgIpc) is 2.98. The topological polar surface area (TPSA) is 60.2 Å². The molecule has 19 heavy (non-hydrogen) atoms. The predicted molar refractivity (Wildman–Crippen MR) is 72.8 cm³/mol. The van der Waals surface area contributed by atoms with Gasteiger partial charge in [0.25, 0.3) is 0 Å². The Morgan fingerprint density at radius 3 is 3.05 bits per heavy atom. The Kier molecular flexibility index (Phi) is 5.34. The van der Waals surface area contributed by atoms with Gasteiger partial charge in [0.1, 0.15) is 12.2 Å². The van der Waals surface area contributed by atoms with Crippen LogP contribution in [0, 0.1) is 5.92 Å². The number of ether oxygens (including phenoxy) is 1. The van der Waals surface area contributed by atoms with Crippen molar-refractivity contribution in [3.05, 3.63) is 12.2 Å². The number of hydrogen-bond donors (Lipinski definition) is 1. The monoisotopic (exact) mass is 267 g/mol. The van der Waals surface area contributed by atoms with Gasteiger partial charge in [-0.25, -0.2) is 9.67 Å². The minimum atomic E-state index is -0.348. The van der Waals surface area contributed by atoms with E-state index in [2.05, 4.69) is 23.9 Å². The molecule has 1 N–H and O–H groups in total. The van der Waals surface area contributed by atoms with Crippen LogP contribution in [0.4, 0.5) is 0 Å². The lowest BCUT2D eigenvalue weighted by Gasteiger charge is -2.14. The summed E-state index contributed by atoms with van der Waals surface area (Å²) < 4.78 is 7.47. The highest BCUT2D eigenvalue weighted by molar-refractivity contribution is 4.88. The normalized spacial score (nSPS) is 21.2. The highest BCUT2D eigenvalue weighted by Gasteiger charge is 2.18. The molecule has 1 aromatic heterocycles. The number of hydrogen-bond acceptors (Lipinski definition) is 4. The van der Waals surface area contributed by atoms with Gasteiger partial charge >= 0.3 is 0 Å². The van der Waals surface area contributed by atoms with Gasteiger partial charge in [0, 0.05) is 19.6 Å². The van der Waals surface area contributed by atoms with Crippen molar-refractivity contribution in [1.82, 2.24) is 14.8 Å². The number of aromatic nitrogens is 3. The highest BCUT2D eigenvalue weighted by atomic mass is 16.5. The summed E-state index contributed by atoms with van der Waals surface area (Å²) in [5.74, 6) is 1.41. The first-order chi connectivity index (χ1) is 9.15. The molecule has 0 amide bonds. The van der Waals surface area contributed by atoms with Crippen LogP contribution in [-0.2, 0) is 17.7 Å². The zero-order valence-corrected chi connectivity index (χ0v) is 12.0. The summed E-state index contributed by atoms with van der Waals surface area (Å²) in [6, 6.07) is 0. The Hall–Kier alpha value is -0.940. The second kappa shape index (κ2) is 7.01. The van der Waals surface area contributed by atoms with Gasteiger partial charge in [-0.3, -0.25) is 0 Å². The van der Waals surface area contributed by atoms with E-state index in [4.69, 9.17) is 4.74 Å². The fourth-order valence-corrected chi connectivity index (χ4v) is 2.51. The van der Waals surface area contributed by atoms with Gasteiger partial charge in [-0.2, -0.15) is 5.10 Å². The van der Waals surface area contributed by atoms with Crippen molar-refractivity contribution in [2.24, 2.45) is 5.92 Å². The lowest BCUT2D eigenvalue weighted by molar-refractivity contribution is 0.0804. The van der Waals surface area contributed by atoms with E-state index in [9.17, 15) is 5.11 Å². The molecule has 0 bridgehead atoms. The molecule has 0 aromatic carbocycles. The molecule has 2 heterocycles. The molecule has 1 saturated heterocycles. The van der Waals surface area contributed by atoms with Crippen LogP contribution in [0.2, 0.25) is 0 Å². The van der Waals surface area contributed by atoms with E-state index >= 15 is 0 Å². The molecule has 0 aliphatic carbocycles. The molecule has 1 aliphatic rings. The molecule has 5 nitrogen and oxygen atoms in total. The van der Waals surface area contributed by atoms with Crippen LogP contribution in [0.1, 0.15) is 45.4 Å². The Labute approximate surface area is 115 Å². The van der Waals surface area contributed by atoms with Crippen LogP contribution >= 0.6 is 0 Å². The van der Waals surface area contributed by atoms with E-state index in [1.54, 1.807) is 6.33 Å². The minimum absolute atomic E-state index is 0.348. The van der Waals surface area contributed by atoms with Crippen molar-refractivity contribution in [3.63, 3.8) is 0 Å². The largest absolute Gasteiger partial charge is 0.393 e. The second-order valence-corrected chi connectivity index (χ2v) is 5.82. The van der Waals surface area contributed by atoms with Crippen molar-refractivity contribution >= 4 is 0 Å². The van der Waals surface area contributed by atoms with Crippen molar-refractivity contribution < 1.29 is 9.84 Å². The third-order valence-electron chi connectivity index (χ3n) is 3.50. The third kappa shape index (κ3) is 4.58. The summed E-state index contributed by atoms with van der Waals surface area (Å²) in [7, 11) is 0. The molecule has 1 aromatic rings. The molecule has 0 spiro atoms. The zero-order chi connectivity index (χ0) is 13.7. The maximum absolute atomic E-state index is 10.1. The molecule has 5 heteroatoms. The molecule has 0 radical (unpaired) electrons. The summed E-state index contributed by atoms with van der Waals surface area (Å²) in [6.45, 7) is 6.04. The number of rotatable bonds is 7. The Morgan fingerprint density at radius 2 is 2.37 bits per heavy atom. The quantitative estimate of drug-likeness (QED) is 0.818. The van der Waals surface area contributed by atoms with E-state index in [0.29, 0.717) is 18.4 Å².